The van der Waals surface area contributed by atoms with Gasteiger partial charge in [-0.05, 0) is 68.9 Å². The highest BCUT2D eigenvalue weighted by molar-refractivity contribution is 8.23. The predicted molar refractivity (Wildman–Crippen MR) is 94.5 cm³/mol. The standard InChI is InChI=1S/C18H25OPS/c1-12-10-13(2)17(14(3)11-12)18(19)20(21)15-6-4-7-16(20)9-5-8-15/h10-11,15-16H,4-9H2,1-3H3. The average molecular weight is 320 g/mol. The van der Waals surface area contributed by atoms with Crippen molar-refractivity contribution in [2.45, 2.75) is 70.6 Å². The number of carbonyl (C=O) groups excluding carboxylic acids is 1. The number of benzene rings is 1. The van der Waals surface area contributed by atoms with Crippen LogP contribution in [-0.4, -0.2) is 16.8 Å². The Hall–Kier alpha value is -0.460. The molecule has 0 atom stereocenters. The summed E-state index contributed by atoms with van der Waals surface area (Å²) in [5, 5.41) is 0. The minimum absolute atomic E-state index is 0.363. The molecule has 3 heteroatoms. The fourth-order valence-corrected chi connectivity index (χ4v) is 10.3. The van der Waals surface area contributed by atoms with Crippen molar-refractivity contribution in [3.8, 4) is 0 Å². The largest absolute Gasteiger partial charge is 0.288 e. The van der Waals surface area contributed by atoms with Crippen LogP contribution >= 0.6 is 6.04 Å². The van der Waals surface area contributed by atoms with Crippen LogP contribution in [0.4, 0.5) is 0 Å². The van der Waals surface area contributed by atoms with Crippen molar-refractivity contribution in [1.29, 1.82) is 0 Å². The molecule has 2 aliphatic rings. The number of rotatable bonds is 2. The van der Waals surface area contributed by atoms with E-state index in [-0.39, 0.29) is 0 Å². The Labute approximate surface area is 133 Å². The van der Waals surface area contributed by atoms with Crippen LogP contribution in [0.3, 0.4) is 0 Å². The predicted octanol–water partition coefficient (Wildman–Crippen LogP) is 5.34. The molecular formula is C18H25OPS. The van der Waals surface area contributed by atoms with Gasteiger partial charge in [-0.2, -0.15) is 0 Å². The van der Waals surface area contributed by atoms with E-state index < -0.39 is 6.04 Å². The Morgan fingerprint density at radius 3 is 1.86 bits per heavy atom. The molecule has 3 rings (SSSR count). The van der Waals surface area contributed by atoms with E-state index in [9.17, 15) is 4.79 Å². The van der Waals surface area contributed by atoms with Crippen LogP contribution in [0.25, 0.3) is 0 Å². The third-order valence-corrected chi connectivity index (χ3v) is 11.8. The van der Waals surface area contributed by atoms with Crippen LogP contribution < -0.4 is 0 Å². The zero-order chi connectivity index (χ0) is 15.2. The van der Waals surface area contributed by atoms with Crippen molar-refractivity contribution >= 4 is 23.4 Å². The summed E-state index contributed by atoms with van der Waals surface area (Å²) in [5.41, 5.74) is 5.89. The van der Waals surface area contributed by atoms with E-state index >= 15 is 0 Å². The van der Waals surface area contributed by atoms with Gasteiger partial charge < -0.3 is 0 Å². The summed E-state index contributed by atoms with van der Waals surface area (Å²) in [6, 6.07) is 2.37. The normalized spacial score (nSPS) is 32.0. The second-order valence-corrected chi connectivity index (χ2v) is 12.1. The first-order chi connectivity index (χ1) is 9.94. The van der Waals surface area contributed by atoms with Crippen molar-refractivity contribution in [2.75, 3.05) is 0 Å². The summed E-state index contributed by atoms with van der Waals surface area (Å²) in [6.45, 7) is 6.26. The minimum Gasteiger partial charge on any atom is -0.288 e. The minimum atomic E-state index is -1.92. The number of hydrogen-bond donors (Lipinski definition) is 0. The van der Waals surface area contributed by atoms with Crippen LogP contribution in [0.15, 0.2) is 12.1 Å². The molecule has 2 fully saturated rings. The van der Waals surface area contributed by atoms with Gasteiger partial charge in [-0.1, -0.05) is 42.3 Å². The van der Waals surface area contributed by atoms with Gasteiger partial charge in [0.15, 0.2) is 5.52 Å². The Balaban J connectivity index is 2.08. The fraction of sp³-hybridized carbons (Fsp3) is 0.611. The third-order valence-electron chi connectivity index (χ3n) is 5.44. The zero-order valence-corrected chi connectivity index (χ0v) is 15.0. The van der Waals surface area contributed by atoms with Gasteiger partial charge in [-0.25, -0.2) is 0 Å². The van der Waals surface area contributed by atoms with Crippen LogP contribution in [0.1, 0.15) is 65.6 Å². The molecule has 0 N–H and O–H groups in total. The Morgan fingerprint density at radius 1 is 1.00 bits per heavy atom. The lowest BCUT2D eigenvalue weighted by molar-refractivity contribution is 0.107. The summed E-state index contributed by atoms with van der Waals surface area (Å²) < 4.78 is 0. The van der Waals surface area contributed by atoms with E-state index in [0.29, 0.717) is 16.8 Å². The van der Waals surface area contributed by atoms with Gasteiger partial charge in [0.25, 0.3) is 0 Å². The fourth-order valence-electron chi connectivity index (χ4n) is 4.56. The topological polar surface area (TPSA) is 17.1 Å². The van der Waals surface area contributed by atoms with Gasteiger partial charge in [-0.15, -0.1) is 0 Å². The van der Waals surface area contributed by atoms with E-state index in [1.165, 1.54) is 44.1 Å². The second-order valence-electron chi connectivity index (χ2n) is 6.96. The molecule has 1 aromatic rings. The smallest absolute Gasteiger partial charge is 0.194 e. The lowest BCUT2D eigenvalue weighted by Crippen LogP contribution is -2.33. The maximum Gasteiger partial charge on any atom is 0.194 e. The maximum atomic E-state index is 13.4. The summed E-state index contributed by atoms with van der Waals surface area (Å²) in [5.74, 6) is 0. The number of fused-ring (bicyclic) bond motifs is 2. The SMILES string of the molecule is Cc1cc(C)c(C(=O)P2(=S)C3CCCC2CCC3)c(C)c1. The molecule has 0 spiro atoms. The number of carbonyl (C=O) groups is 1. The lowest BCUT2D eigenvalue weighted by atomic mass is 9.98. The molecule has 2 aliphatic heterocycles. The molecule has 0 radical (unpaired) electrons. The first-order valence-electron chi connectivity index (χ1n) is 8.16. The number of aryl methyl sites for hydroxylation is 3. The highest BCUT2D eigenvalue weighted by Crippen LogP contribution is 2.68. The van der Waals surface area contributed by atoms with Crippen molar-refractivity contribution in [1.82, 2.24) is 0 Å². The van der Waals surface area contributed by atoms with Gasteiger partial charge in [-0.3, -0.25) is 4.79 Å². The van der Waals surface area contributed by atoms with Crippen LogP contribution in [-0.2, 0) is 11.8 Å². The molecule has 2 saturated heterocycles. The molecule has 2 bridgehead atoms. The third kappa shape index (κ3) is 2.45. The molecule has 0 aliphatic carbocycles. The van der Waals surface area contributed by atoms with Gasteiger partial charge in [0.05, 0.1) is 0 Å². The van der Waals surface area contributed by atoms with Gasteiger partial charge in [0, 0.05) is 11.6 Å². The molecule has 1 aromatic carbocycles. The van der Waals surface area contributed by atoms with E-state index in [4.69, 9.17) is 11.8 Å². The molecular weight excluding hydrogens is 295 g/mol. The Bertz CT molecular complexity index is 585. The molecule has 114 valence electrons. The van der Waals surface area contributed by atoms with Crippen molar-refractivity contribution in [2.24, 2.45) is 0 Å². The van der Waals surface area contributed by atoms with Gasteiger partial charge in [0.1, 0.15) is 0 Å². The molecule has 0 amide bonds. The van der Waals surface area contributed by atoms with Gasteiger partial charge >= 0.3 is 0 Å². The Morgan fingerprint density at radius 2 is 1.43 bits per heavy atom. The monoisotopic (exact) mass is 320 g/mol. The van der Waals surface area contributed by atoms with Crippen molar-refractivity contribution in [3.63, 3.8) is 0 Å². The maximum absolute atomic E-state index is 13.4. The average Bonchev–Trinajstić information content (AvgIpc) is 2.36. The van der Waals surface area contributed by atoms with E-state index in [1.54, 1.807) is 0 Å². The summed E-state index contributed by atoms with van der Waals surface area (Å²) >= 11 is 6.17. The van der Waals surface area contributed by atoms with E-state index in [0.717, 1.165) is 16.7 Å². The Kier molecular flexibility index (Phi) is 4.14. The zero-order valence-electron chi connectivity index (χ0n) is 13.3. The summed E-state index contributed by atoms with van der Waals surface area (Å²) in [7, 11) is 0. The molecule has 2 heterocycles. The highest BCUT2D eigenvalue weighted by Gasteiger charge is 2.47. The summed E-state index contributed by atoms with van der Waals surface area (Å²) in [6.07, 6.45) is 7.36. The first-order valence-corrected chi connectivity index (χ1v) is 11.1. The first kappa shape index (κ1) is 15.4. The van der Waals surface area contributed by atoms with Crippen molar-refractivity contribution < 1.29 is 4.79 Å². The molecule has 21 heavy (non-hydrogen) atoms. The molecule has 0 unspecified atom stereocenters. The van der Waals surface area contributed by atoms with Crippen molar-refractivity contribution in [3.05, 3.63) is 34.4 Å². The lowest BCUT2D eigenvalue weighted by Gasteiger charge is -2.45. The van der Waals surface area contributed by atoms with E-state index in [2.05, 4.69) is 32.9 Å². The highest BCUT2D eigenvalue weighted by atomic mass is 32.4. The second kappa shape index (κ2) is 5.63. The van der Waals surface area contributed by atoms with Crippen LogP contribution in [0.5, 0.6) is 0 Å². The molecule has 1 nitrogen and oxygen atoms in total. The van der Waals surface area contributed by atoms with Crippen LogP contribution in [0, 0.1) is 20.8 Å². The van der Waals surface area contributed by atoms with Gasteiger partial charge in [0.2, 0.25) is 0 Å². The van der Waals surface area contributed by atoms with E-state index in [1.807, 2.05) is 0 Å². The quantitative estimate of drug-likeness (QED) is 0.685. The van der Waals surface area contributed by atoms with Crippen LogP contribution in [0.2, 0.25) is 0 Å². The summed E-state index contributed by atoms with van der Waals surface area (Å²) in [4.78, 5) is 13.4. The molecule has 0 aromatic heterocycles. The number of hydrogen-bond acceptors (Lipinski definition) is 2. The molecule has 0 saturated carbocycles.